The summed E-state index contributed by atoms with van der Waals surface area (Å²) in [5.74, 6) is -0.109. The van der Waals surface area contributed by atoms with Crippen LogP contribution in [-0.4, -0.2) is 31.1 Å². The molecule has 1 aliphatic heterocycles. The Kier molecular flexibility index (Phi) is 4.64. The van der Waals surface area contributed by atoms with E-state index in [9.17, 15) is 4.79 Å². The van der Waals surface area contributed by atoms with Gasteiger partial charge in [-0.15, -0.1) is 0 Å². The lowest BCUT2D eigenvalue weighted by Gasteiger charge is -2.39. The van der Waals surface area contributed by atoms with Crippen molar-refractivity contribution in [2.24, 2.45) is 5.92 Å². The Morgan fingerprint density at radius 1 is 1.32 bits per heavy atom. The number of alkyl carbamates (subject to hydrolysis) is 1. The molecule has 3 rings (SSSR count). The van der Waals surface area contributed by atoms with Gasteiger partial charge in [0.15, 0.2) is 5.79 Å². The Morgan fingerprint density at radius 3 is 2.73 bits per heavy atom. The first-order valence-corrected chi connectivity index (χ1v) is 7.92. The van der Waals surface area contributed by atoms with E-state index in [1.165, 1.54) is 0 Å². The topological polar surface area (TPSA) is 56.8 Å². The summed E-state index contributed by atoms with van der Waals surface area (Å²) in [6.45, 7) is 3.76. The molecule has 0 bridgehead atoms. The molecular weight excluding hydrogens is 282 g/mol. The first kappa shape index (κ1) is 15.3. The molecule has 1 heterocycles. The molecule has 0 aromatic heterocycles. The van der Waals surface area contributed by atoms with E-state index in [2.05, 4.69) is 12.2 Å². The summed E-state index contributed by atoms with van der Waals surface area (Å²) in [5, 5.41) is 2.97. The average Bonchev–Trinajstić information content (AvgIpc) is 2.97. The normalized spacial score (nSPS) is 26.8. The summed E-state index contributed by atoms with van der Waals surface area (Å²) < 4.78 is 16.8. The summed E-state index contributed by atoms with van der Waals surface area (Å²) in [6.07, 6.45) is 2.13. The van der Waals surface area contributed by atoms with Gasteiger partial charge in [0, 0.05) is 18.9 Å². The Morgan fingerprint density at radius 2 is 2.05 bits per heavy atom. The smallest absolute Gasteiger partial charge is 0.407 e. The van der Waals surface area contributed by atoms with Gasteiger partial charge in [0.1, 0.15) is 6.61 Å². The van der Waals surface area contributed by atoms with E-state index in [0.29, 0.717) is 25.7 Å². The summed E-state index contributed by atoms with van der Waals surface area (Å²) in [6, 6.07) is 9.80. The number of nitrogens with one attached hydrogen (secondary N) is 1. The Hall–Kier alpha value is -1.59. The molecule has 5 heteroatoms. The molecule has 1 saturated carbocycles. The SMILES string of the molecule is C[C@@H]1CC2(CC[C@@H]1NC(=O)OCc1ccccc1)OCCO2. The van der Waals surface area contributed by atoms with Gasteiger partial charge in [-0.1, -0.05) is 37.3 Å². The van der Waals surface area contributed by atoms with Crippen LogP contribution >= 0.6 is 0 Å². The molecule has 2 atom stereocenters. The molecule has 1 spiro atoms. The van der Waals surface area contributed by atoms with Crippen LogP contribution in [0.1, 0.15) is 31.7 Å². The van der Waals surface area contributed by atoms with Crippen LogP contribution in [0.15, 0.2) is 30.3 Å². The predicted octanol–water partition coefficient (Wildman–Crippen LogP) is 2.84. The van der Waals surface area contributed by atoms with E-state index in [4.69, 9.17) is 14.2 Å². The number of benzene rings is 1. The second kappa shape index (κ2) is 6.67. The van der Waals surface area contributed by atoms with Crippen LogP contribution in [0.25, 0.3) is 0 Å². The summed E-state index contributed by atoms with van der Waals surface area (Å²) in [4.78, 5) is 11.9. The van der Waals surface area contributed by atoms with Crippen LogP contribution < -0.4 is 5.32 Å². The largest absolute Gasteiger partial charge is 0.445 e. The molecule has 1 aromatic rings. The summed E-state index contributed by atoms with van der Waals surface area (Å²) in [7, 11) is 0. The van der Waals surface area contributed by atoms with Crippen molar-refractivity contribution in [1.29, 1.82) is 0 Å². The van der Waals surface area contributed by atoms with Gasteiger partial charge in [-0.2, -0.15) is 0 Å². The maximum absolute atomic E-state index is 11.9. The van der Waals surface area contributed by atoms with Crippen molar-refractivity contribution >= 4 is 6.09 Å². The molecule has 1 aromatic carbocycles. The third-order valence-corrected chi connectivity index (χ3v) is 4.49. The second-order valence-corrected chi connectivity index (χ2v) is 6.14. The first-order valence-electron chi connectivity index (χ1n) is 7.92. The van der Waals surface area contributed by atoms with Gasteiger partial charge in [0.25, 0.3) is 0 Å². The van der Waals surface area contributed by atoms with Crippen molar-refractivity contribution in [1.82, 2.24) is 5.32 Å². The van der Waals surface area contributed by atoms with Crippen molar-refractivity contribution in [2.45, 2.75) is 44.6 Å². The zero-order chi connectivity index (χ0) is 15.4. The lowest BCUT2D eigenvalue weighted by atomic mass is 9.82. The van der Waals surface area contributed by atoms with E-state index >= 15 is 0 Å². The molecule has 5 nitrogen and oxygen atoms in total. The van der Waals surface area contributed by atoms with Gasteiger partial charge in [0.05, 0.1) is 13.2 Å². The number of rotatable bonds is 3. The van der Waals surface area contributed by atoms with Crippen molar-refractivity contribution in [2.75, 3.05) is 13.2 Å². The van der Waals surface area contributed by atoms with Crippen LogP contribution in [0.3, 0.4) is 0 Å². The fraction of sp³-hybridized carbons (Fsp3) is 0.588. The van der Waals surface area contributed by atoms with Crippen LogP contribution in [0.5, 0.6) is 0 Å². The third kappa shape index (κ3) is 3.59. The lowest BCUT2D eigenvalue weighted by molar-refractivity contribution is -0.189. The average molecular weight is 305 g/mol. The number of hydrogen-bond acceptors (Lipinski definition) is 4. The predicted molar refractivity (Wildman–Crippen MR) is 81.2 cm³/mol. The minimum atomic E-state index is -0.411. The second-order valence-electron chi connectivity index (χ2n) is 6.14. The molecule has 2 aliphatic rings. The Labute approximate surface area is 130 Å². The van der Waals surface area contributed by atoms with Crippen molar-refractivity contribution in [3.63, 3.8) is 0 Å². The van der Waals surface area contributed by atoms with Crippen LogP contribution in [-0.2, 0) is 20.8 Å². The third-order valence-electron chi connectivity index (χ3n) is 4.49. The van der Waals surface area contributed by atoms with E-state index in [1.54, 1.807) is 0 Å². The highest BCUT2D eigenvalue weighted by molar-refractivity contribution is 5.67. The number of ether oxygens (including phenoxy) is 3. The Balaban J connectivity index is 1.46. The molecule has 1 saturated heterocycles. The number of hydrogen-bond donors (Lipinski definition) is 1. The summed E-state index contributed by atoms with van der Waals surface area (Å²) >= 11 is 0. The summed E-state index contributed by atoms with van der Waals surface area (Å²) in [5.41, 5.74) is 0.987. The monoisotopic (exact) mass is 305 g/mol. The molecular formula is C17H23NO4. The fourth-order valence-corrected chi connectivity index (χ4v) is 3.28. The quantitative estimate of drug-likeness (QED) is 0.933. The van der Waals surface area contributed by atoms with E-state index in [-0.39, 0.29) is 12.1 Å². The standard InChI is InChI=1S/C17H23NO4/c1-13-11-17(21-9-10-22-17)8-7-15(13)18-16(19)20-12-14-5-3-2-4-6-14/h2-6,13,15H,7-12H2,1H3,(H,18,19)/t13-,15+/m1/s1. The maximum atomic E-state index is 11.9. The van der Waals surface area contributed by atoms with Crippen molar-refractivity contribution in [3.05, 3.63) is 35.9 Å². The zero-order valence-corrected chi connectivity index (χ0v) is 12.9. The first-order chi connectivity index (χ1) is 10.7. The highest BCUT2D eigenvalue weighted by atomic mass is 16.7. The van der Waals surface area contributed by atoms with Gasteiger partial charge in [-0.3, -0.25) is 0 Å². The molecule has 1 aliphatic carbocycles. The van der Waals surface area contributed by atoms with E-state index in [1.807, 2.05) is 30.3 Å². The van der Waals surface area contributed by atoms with E-state index < -0.39 is 5.79 Å². The molecule has 1 amide bonds. The number of amides is 1. The molecule has 1 N–H and O–H groups in total. The van der Waals surface area contributed by atoms with Crippen molar-refractivity contribution < 1.29 is 19.0 Å². The van der Waals surface area contributed by atoms with Gasteiger partial charge in [0.2, 0.25) is 0 Å². The molecule has 0 radical (unpaired) electrons. The Bertz CT molecular complexity index is 499. The molecule has 2 fully saturated rings. The maximum Gasteiger partial charge on any atom is 0.407 e. The molecule has 22 heavy (non-hydrogen) atoms. The lowest BCUT2D eigenvalue weighted by Crippen LogP contribution is -2.48. The van der Waals surface area contributed by atoms with Crippen LogP contribution in [0.2, 0.25) is 0 Å². The van der Waals surface area contributed by atoms with Gasteiger partial charge >= 0.3 is 6.09 Å². The number of carbonyl (C=O) groups excluding carboxylic acids is 1. The fourth-order valence-electron chi connectivity index (χ4n) is 3.28. The van der Waals surface area contributed by atoms with E-state index in [0.717, 1.165) is 24.8 Å². The van der Waals surface area contributed by atoms with Crippen LogP contribution in [0, 0.1) is 5.92 Å². The zero-order valence-electron chi connectivity index (χ0n) is 12.9. The highest BCUT2D eigenvalue weighted by Gasteiger charge is 2.44. The highest BCUT2D eigenvalue weighted by Crippen LogP contribution is 2.38. The minimum Gasteiger partial charge on any atom is -0.445 e. The van der Waals surface area contributed by atoms with Gasteiger partial charge in [-0.25, -0.2) is 4.79 Å². The van der Waals surface area contributed by atoms with Gasteiger partial charge < -0.3 is 19.5 Å². The molecule has 0 unspecified atom stereocenters. The number of carbonyl (C=O) groups is 1. The van der Waals surface area contributed by atoms with Crippen molar-refractivity contribution in [3.8, 4) is 0 Å². The minimum absolute atomic E-state index is 0.113. The van der Waals surface area contributed by atoms with Gasteiger partial charge in [-0.05, 0) is 17.9 Å². The van der Waals surface area contributed by atoms with Crippen LogP contribution in [0.4, 0.5) is 4.79 Å². The molecule has 120 valence electrons.